The van der Waals surface area contributed by atoms with E-state index in [1.165, 1.54) is 4.70 Å². The van der Waals surface area contributed by atoms with Crippen LogP contribution in [0.15, 0.2) is 54.0 Å². The number of aryl methyl sites for hydroxylation is 2. The minimum absolute atomic E-state index is 0.448. The lowest BCUT2D eigenvalue weighted by Gasteiger charge is -2.16. The number of aliphatic hydroxyl groups is 1. The van der Waals surface area contributed by atoms with Crippen molar-refractivity contribution < 1.29 is 14.6 Å². The van der Waals surface area contributed by atoms with Crippen molar-refractivity contribution in [2.75, 3.05) is 7.11 Å². The van der Waals surface area contributed by atoms with Gasteiger partial charge in [0.1, 0.15) is 17.4 Å². The van der Waals surface area contributed by atoms with Crippen LogP contribution in [0, 0.1) is 6.92 Å². The highest BCUT2D eigenvalue weighted by atomic mass is 32.1. The Kier molecular flexibility index (Phi) is 5.80. The van der Waals surface area contributed by atoms with E-state index in [1.807, 2.05) is 43.3 Å². The SMILES string of the molecule is COc1ccc(COCc2cc(C(O)c3cnc4c(nnn4C)c3C)cc3ccsc23)cc1. The van der Waals surface area contributed by atoms with Crippen LogP contribution in [-0.4, -0.2) is 32.2 Å². The Labute approximate surface area is 195 Å². The molecule has 5 aromatic rings. The largest absolute Gasteiger partial charge is 0.497 e. The third-order valence-corrected chi connectivity index (χ3v) is 6.86. The first-order chi connectivity index (χ1) is 16.0. The van der Waals surface area contributed by atoms with Crippen molar-refractivity contribution in [2.45, 2.75) is 26.2 Å². The predicted octanol–water partition coefficient (Wildman–Crippen LogP) is 4.69. The Hall–Kier alpha value is -3.33. The molecule has 0 saturated heterocycles. The van der Waals surface area contributed by atoms with E-state index < -0.39 is 6.10 Å². The number of fused-ring (bicyclic) bond motifs is 2. The van der Waals surface area contributed by atoms with Crippen LogP contribution in [0.3, 0.4) is 0 Å². The topological polar surface area (TPSA) is 82.3 Å². The van der Waals surface area contributed by atoms with Crippen molar-refractivity contribution in [2.24, 2.45) is 7.05 Å². The van der Waals surface area contributed by atoms with E-state index >= 15 is 0 Å². The molecule has 1 unspecified atom stereocenters. The molecule has 0 aliphatic carbocycles. The summed E-state index contributed by atoms with van der Waals surface area (Å²) in [5.74, 6) is 0.824. The fourth-order valence-electron chi connectivity index (χ4n) is 4.01. The molecule has 0 bridgehead atoms. The number of pyridine rings is 1. The fourth-order valence-corrected chi connectivity index (χ4v) is 4.89. The number of aliphatic hydroxyl groups excluding tert-OH is 1. The number of aromatic nitrogens is 4. The number of rotatable bonds is 7. The van der Waals surface area contributed by atoms with Gasteiger partial charge in [0.2, 0.25) is 0 Å². The van der Waals surface area contributed by atoms with Gasteiger partial charge < -0.3 is 14.6 Å². The van der Waals surface area contributed by atoms with Crippen LogP contribution in [0.2, 0.25) is 0 Å². The van der Waals surface area contributed by atoms with Crippen LogP contribution in [0.25, 0.3) is 21.3 Å². The van der Waals surface area contributed by atoms with Gasteiger partial charge in [-0.25, -0.2) is 9.67 Å². The lowest BCUT2D eigenvalue weighted by molar-refractivity contribution is 0.108. The van der Waals surface area contributed by atoms with Crippen molar-refractivity contribution in [1.29, 1.82) is 0 Å². The molecule has 0 aliphatic rings. The molecule has 0 aliphatic heterocycles. The Bertz CT molecular complexity index is 1430. The molecule has 168 valence electrons. The molecule has 0 spiro atoms. The molecule has 8 heteroatoms. The van der Waals surface area contributed by atoms with E-state index in [9.17, 15) is 5.11 Å². The number of thiophene rings is 1. The third-order valence-electron chi connectivity index (χ3n) is 5.86. The molecule has 1 atom stereocenters. The van der Waals surface area contributed by atoms with Gasteiger partial charge in [-0.1, -0.05) is 17.3 Å². The van der Waals surface area contributed by atoms with Crippen molar-refractivity contribution >= 4 is 32.6 Å². The average molecular weight is 461 g/mol. The first kappa shape index (κ1) is 21.5. The van der Waals surface area contributed by atoms with Crippen LogP contribution >= 0.6 is 11.3 Å². The number of hydrogen-bond donors (Lipinski definition) is 1. The lowest BCUT2D eigenvalue weighted by Crippen LogP contribution is -2.05. The fraction of sp³-hybridized carbons (Fsp3) is 0.240. The molecule has 0 fully saturated rings. The Morgan fingerprint density at radius 3 is 2.73 bits per heavy atom. The summed E-state index contributed by atoms with van der Waals surface area (Å²) in [4.78, 5) is 4.46. The van der Waals surface area contributed by atoms with Gasteiger partial charge in [0.15, 0.2) is 5.65 Å². The van der Waals surface area contributed by atoms with E-state index in [1.54, 1.807) is 36.4 Å². The van der Waals surface area contributed by atoms with Gasteiger partial charge in [0.25, 0.3) is 0 Å². The zero-order valence-corrected chi connectivity index (χ0v) is 19.5. The predicted molar refractivity (Wildman–Crippen MR) is 128 cm³/mol. The molecular formula is C25H24N4O3S. The quantitative estimate of drug-likeness (QED) is 0.379. The molecule has 1 N–H and O–H groups in total. The second-order valence-corrected chi connectivity index (χ2v) is 8.90. The molecule has 0 saturated carbocycles. The summed E-state index contributed by atoms with van der Waals surface area (Å²) < 4.78 is 14.0. The molecule has 5 rings (SSSR count). The maximum Gasteiger partial charge on any atom is 0.178 e. The summed E-state index contributed by atoms with van der Waals surface area (Å²) >= 11 is 1.68. The van der Waals surface area contributed by atoms with Gasteiger partial charge in [-0.15, -0.1) is 16.4 Å². The Balaban J connectivity index is 1.41. The number of benzene rings is 2. The van der Waals surface area contributed by atoms with Crippen LogP contribution in [0.5, 0.6) is 5.75 Å². The highest BCUT2D eigenvalue weighted by Crippen LogP contribution is 2.33. The first-order valence-electron chi connectivity index (χ1n) is 10.6. The molecule has 3 aromatic heterocycles. The van der Waals surface area contributed by atoms with Gasteiger partial charge in [-0.3, -0.25) is 0 Å². The molecule has 3 heterocycles. The maximum atomic E-state index is 11.3. The molecule has 2 aromatic carbocycles. The van der Waals surface area contributed by atoms with Crippen molar-refractivity contribution in [3.63, 3.8) is 0 Å². The van der Waals surface area contributed by atoms with Gasteiger partial charge in [-0.2, -0.15) is 0 Å². The molecule has 0 radical (unpaired) electrons. The summed E-state index contributed by atoms with van der Waals surface area (Å²) in [7, 11) is 3.46. The molecule has 0 amide bonds. The van der Waals surface area contributed by atoms with Crippen LogP contribution in [0.4, 0.5) is 0 Å². The summed E-state index contributed by atoms with van der Waals surface area (Å²) in [5, 5.41) is 22.7. The molecular weight excluding hydrogens is 436 g/mol. The second kappa shape index (κ2) is 8.90. The van der Waals surface area contributed by atoms with E-state index in [0.29, 0.717) is 24.4 Å². The summed E-state index contributed by atoms with van der Waals surface area (Å²) in [5.41, 5.74) is 5.94. The van der Waals surface area contributed by atoms with Gasteiger partial charge in [0, 0.05) is 23.5 Å². The highest BCUT2D eigenvalue weighted by Gasteiger charge is 2.19. The Morgan fingerprint density at radius 1 is 1.12 bits per heavy atom. The first-order valence-corrected chi connectivity index (χ1v) is 11.5. The van der Waals surface area contributed by atoms with Crippen LogP contribution < -0.4 is 4.74 Å². The van der Waals surface area contributed by atoms with Gasteiger partial charge >= 0.3 is 0 Å². The van der Waals surface area contributed by atoms with Crippen LogP contribution in [0.1, 0.15) is 33.9 Å². The van der Waals surface area contributed by atoms with Crippen molar-refractivity contribution in [3.8, 4) is 5.75 Å². The average Bonchev–Trinajstić information content (AvgIpc) is 3.46. The van der Waals surface area contributed by atoms with E-state index in [0.717, 1.165) is 39.0 Å². The Morgan fingerprint density at radius 2 is 1.94 bits per heavy atom. The zero-order valence-electron chi connectivity index (χ0n) is 18.6. The highest BCUT2D eigenvalue weighted by molar-refractivity contribution is 7.17. The normalized spacial score (nSPS) is 12.5. The number of methoxy groups -OCH3 is 1. The van der Waals surface area contributed by atoms with Crippen molar-refractivity contribution in [1.82, 2.24) is 20.0 Å². The van der Waals surface area contributed by atoms with Crippen molar-refractivity contribution in [3.05, 3.63) is 81.9 Å². The van der Waals surface area contributed by atoms with E-state index in [4.69, 9.17) is 9.47 Å². The minimum atomic E-state index is -0.825. The van der Waals surface area contributed by atoms with Gasteiger partial charge in [0.05, 0.1) is 20.3 Å². The summed E-state index contributed by atoms with van der Waals surface area (Å²) in [6.07, 6.45) is 0.886. The third kappa shape index (κ3) is 4.08. The number of nitrogens with zero attached hydrogens (tertiary/aromatic N) is 4. The summed E-state index contributed by atoms with van der Waals surface area (Å²) in [6.45, 7) is 2.89. The van der Waals surface area contributed by atoms with E-state index in [2.05, 4.69) is 26.7 Å². The lowest BCUT2D eigenvalue weighted by atomic mass is 9.96. The molecule has 7 nitrogen and oxygen atoms in total. The number of ether oxygens (including phenoxy) is 2. The number of hydrogen-bond acceptors (Lipinski definition) is 7. The standard InChI is InChI=1S/C25H24N4O3S/c1-15-21(12-26-25-22(15)27-28-29(25)2)23(30)18-10-17-8-9-33-24(17)19(11-18)14-32-13-16-4-6-20(31-3)7-5-16/h4-12,23,30H,13-14H2,1-3H3. The smallest absolute Gasteiger partial charge is 0.178 e. The van der Waals surface area contributed by atoms with Gasteiger partial charge in [-0.05, 0) is 70.3 Å². The van der Waals surface area contributed by atoms with Crippen LogP contribution in [-0.2, 0) is 25.0 Å². The van der Waals surface area contributed by atoms with E-state index in [-0.39, 0.29) is 0 Å². The maximum absolute atomic E-state index is 11.3. The molecule has 33 heavy (non-hydrogen) atoms. The minimum Gasteiger partial charge on any atom is -0.497 e. The summed E-state index contributed by atoms with van der Waals surface area (Å²) in [6, 6.07) is 14.0. The monoisotopic (exact) mass is 460 g/mol. The second-order valence-electron chi connectivity index (χ2n) is 7.99. The zero-order chi connectivity index (χ0) is 22.9.